The third-order valence-corrected chi connectivity index (χ3v) is 7.20. The zero-order valence-corrected chi connectivity index (χ0v) is 24.6. The Labute approximate surface area is 238 Å². The molecule has 222 valence electrons. The van der Waals surface area contributed by atoms with Gasteiger partial charge in [0.1, 0.15) is 24.5 Å². The maximum Gasteiger partial charge on any atom is 0.286 e. The SMILES string of the molecule is CNC(=O)[C@@H](NC(=O)C(CC(C)C)C(OCCOc1ccc(CC2SC(=O)NC2=O)cc1)C(=O)NO)C(C)(C)C. The Morgan fingerprint density at radius 3 is 2.20 bits per heavy atom. The average Bonchev–Trinajstić information content (AvgIpc) is 3.21. The third-order valence-electron chi connectivity index (χ3n) is 6.22. The van der Waals surface area contributed by atoms with Gasteiger partial charge in [-0.25, -0.2) is 5.48 Å². The van der Waals surface area contributed by atoms with Crippen LogP contribution in [0.3, 0.4) is 0 Å². The molecule has 3 unspecified atom stereocenters. The van der Waals surface area contributed by atoms with Gasteiger partial charge in [-0.2, -0.15) is 0 Å². The highest BCUT2D eigenvalue weighted by Gasteiger charge is 2.39. The fourth-order valence-electron chi connectivity index (χ4n) is 4.18. The summed E-state index contributed by atoms with van der Waals surface area (Å²) in [6, 6.07) is 6.15. The van der Waals surface area contributed by atoms with E-state index in [0.717, 1.165) is 17.3 Å². The van der Waals surface area contributed by atoms with Gasteiger partial charge in [0.2, 0.25) is 17.7 Å². The predicted molar refractivity (Wildman–Crippen MR) is 149 cm³/mol. The van der Waals surface area contributed by atoms with Crippen LogP contribution >= 0.6 is 11.8 Å². The molecule has 12 nitrogen and oxygen atoms in total. The highest BCUT2D eigenvalue weighted by molar-refractivity contribution is 8.15. The summed E-state index contributed by atoms with van der Waals surface area (Å²) >= 11 is 0.965. The Bertz CT molecular complexity index is 1060. The fourth-order valence-corrected chi connectivity index (χ4v) is 5.04. The molecule has 0 aromatic heterocycles. The Hall–Kier alpha value is -3.16. The standard InChI is InChI=1S/C27H40N4O8S/c1-15(2)13-18(22(32)29-21(25(35)28-6)27(3,4)5)20(24(34)31-37)39-12-11-38-17-9-7-16(8-10-17)14-19-23(33)30-26(36)40-19/h7-10,15,18-21,37H,11-14H2,1-6H3,(H,28,35)(H,29,32)(H,31,34)(H,30,33,36)/t18?,19?,20?,21-/m1/s1. The largest absolute Gasteiger partial charge is 0.491 e. The molecule has 5 N–H and O–H groups in total. The minimum Gasteiger partial charge on any atom is -0.491 e. The van der Waals surface area contributed by atoms with Crippen molar-refractivity contribution in [1.29, 1.82) is 0 Å². The van der Waals surface area contributed by atoms with Gasteiger partial charge in [-0.05, 0) is 41.9 Å². The van der Waals surface area contributed by atoms with Gasteiger partial charge in [-0.3, -0.25) is 34.5 Å². The van der Waals surface area contributed by atoms with Crippen molar-refractivity contribution in [1.82, 2.24) is 21.4 Å². The van der Waals surface area contributed by atoms with Gasteiger partial charge in [0.15, 0.2) is 0 Å². The second-order valence-corrected chi connectivity index (χ2v) is 12.2. The van der Waals surface area contributed by atoms with Crippen LogP contribution in [0.25, 0.3) is 0 Å². The van der Waals surface area contributed by atoms with E-state index < -0.39 is 40.5 Å². The summed E-state index contributed by atoms with van der Waals surface area (Å²) in [6.07, 6.45) is -0.667. The summed E-state index contributed by atoms with van der Waals surface area (Å²) in [4.78, 5) is 61.5. The smallest absolute Gasteiger partial charge is 0.286 e. The van der Waals surface area contributed by atoms with E-state index in [1.165, 1.54) is 7.05 Å². The molecule has 1 aromatic carbocycles. The van der Waals surface area contributed by atoms with Crippen molar-refractivity contribution in [2.75, 3.05) is 20.3 Å². The molecule has 0 aliphatic carbocycles. The summed E-state index contributed by atoms with van der Waals surface area (Å²) in [6.45, 7) is 9.19. The minimum absolute atomic E-state index is 0.00280. The van der Waals surface area contributed by atoms with Crippen LogP contribution in [0.5, 0.6) is 5.75 Å². The Kier molecular flexibility index (Phi) is 12.4. The van der Waals surface area contributed by atoms with Gasteiger partial charge in [-0.1, -0.05) is 58.5 Å². The first-order valence-electron chi connectivity index (χ1n) is 13.1. The summed E-state index contributed by atoms with van der Waals surface area (Å²) in [5.74, 6) is -2.57. The summed E-state index contributed by atoms with van der Waals surface area (Å²) < 4.78 is 11.4. The molecule has 1 fully saturated rings. The molecule has 13 heteroatoms. The molecular weight excluding hydrogens is 540 g/mol. The predicted octanol–water partition coefficient (Wildman–Crippen LogP) is 1.79. The molecule has 0 saturated carbocycles. The number of amides is 5. The maximum atomic E-state index is 13.4. The van der Waals surface area contributed by atoms with E-state index in [1.54, 1.807) is 29.7 Å². The summed E-state index contributed by atoms with van der Waals surface area (Å²) in [5, 5.41) is 16.1. The first-order chi connectivity index (χ1) is 18.8. The number of nitrogens with one attached hydrogen (secondary N) is 4. The van der Waals surface area contributed by atoms with Gasteiger partial charge in [0, 0.05) is 7.05 Å². The monoisotopic (exact) mass is 580 g/mol. The number of hydrogen-bond donors (Lipinski definition) is 5. The molecule has 5 amide bonds. The quantitative estimate of drug-likeness (QED) is 0.125. The Morgan fingerprint density at radius 2 is 1.70 bits per heavy atom. The first kappa shape index (κ1) is 33.0. The number of imide groups is 1. The van der Waals surface area contributed by atoms with Crippen LogP contribution in [0.2, 0.25) is 0 Å². The molecule has 1 aromatic rings. The van der Waals surface area contributed by atoms with Crippen LogP contribution in [0, 0.1) is 17.3 Å². The number of rotatable bonds is 14. The molecule has 4 atom stereocenters. The van der Waals surface area contributed by atoms with Crippen LogP contribution < -0.4 is 26.2 Å². The number of hydroxylamine groups is 1. The lowest BCUT2D eigenvalue weighted by molar-refractivity contribution is -0.152. The van der Waals surface area contributed by atoms with Gasteiger partial charge >= 0.3 is 0 Å². The van der Waals surface area contributed by atoms with Crippen molar-refractivity contribution in [2.24, 2.45) is 17.3 Å². The van der Waals surface area contributed by atoms with Crippen molar-refractivity contribution in [3.05, 3.63) is 29.8 Å². The molecule has 1 aliphatic heterocycles. The van der Waals surface area contributed by atoms with E-state index in [-0.39, 0.29) is 42.6 Å². The lowest BCUT2D eigenvalue weighted by atomic mass is 9.84. The van der Waals surface area contributed by atoms with Crippen LogP contribution in [0.4, 0.5) is 4.79 Å². The van der Waals surface area contributed by atoms with Crippen molar-refractivity contribution in [3.63, 3.8) is 0 Å². The van der Waals surface area contributed by atoms with Crippen LogP contribution in [0.15, 0.2) is 24.3 Å². The Morgan fingerprint density at radius 1 is 1.05 bits per heavy atom. The molecule has 1 heterocycles. The lowest BCUT2D eigenvalue weighted by Gasteiger charge is -2.33. The zero-order valence-electron chi connectivity index (χ0n) is 23.7. The van der Waals surface area contributed by atoms with E-state index in [4.69, 9.17) is 9.47 Å². The highest BCUT2D eigenvalue weighted by Crippen LogP contribution is 2.25. The van der Waals surface area contributed by atoms with Gasteiger partial charge < -0.3 is 20.1 Å². The second-order valence-electron chi connectivity index (χ2n) is 11.0. The van der Waals surface area contributed by atoms with Crippen molar-refractivity contribution in [3.8, 4) is 5.75 Å². The topological polar surface area (TPSA) is 172 Å². The lowest BCUT2D eigenvalue weighted by Crippen LogP contribution is -2.56. The molecule has 2 rings (SSSR count). The molecule has 0 bridgehead atoms. The molecule has 0 spiro atoms. The average molecular weight is 581 g/mol. The van der Waals surface area contributed by atoms with Crippen molar-refractivity contribution in [2.45, 2.75) is 64.9 Å². The van der Waals surface area contributed by atoms with E-state index in [0.29, 0.717) is 12.2 Å². The minimum atomic E-state index is -1.33. The van der Waals surface area contributed by atoms with E-state index in [9.17, 15) is 29.2 Å². The maximum absolute atomic E-state index is 13.4. The Balaban J connectivity index is 2.03. The molecule has 1 saturated heterocycles. The van der Waals surface area contributed by atoms with Gasteiger partial charge in [-0.15, -0.1) is 0 Å². The zero-order chi connectivity index (χ0) is 30.0. The number of likely N-dealkylation sites (N-methyl/N-ethyl adjacent to an activating group) is 1. The van der Waals surface area contributed by atoms with E-state index in [1.807, 2.05) is 34.6 Å². The number of carbonyl (C=O) groups is 5. The second kappa shape index (κ2) is 15.0. The first-order valence-corrected chi connectivity index (χ1v) is 14.0. The van der Waals surface area contributed by atoms with Gasteiger partial charge in [0.05, 0.1) is 17.8 Å². The molecule has 0 radical (unpaired) electrons. The molecule has 40 heavy (non-hydrogen) atoms. The molecule has 1 aliphatic rings. The van der Waals surface area contributed by atoms with Gasteiger partial charge in [0.25, 0.3) is 11.1 Å². The van der Waals surface area contributed by atoms with E-state index >= 15 is 0 Å². The van der Waals surface area contributed by atoms with Crippen molar-refractivity contribution < 1.29 is 38.7 Å². The summed E-state index contributed by atoms with van der Waals surface area (Å²) in [7, 11) is 1.48. The summed E-state index contributed by atoms with van der Waals surface area (Å²) in [5.41, 5.74) is 1.84. The number of carbonyl (C=O) groups excluding carboxylic acids is 5. The number of hydrogen-bond acceptors (Lipinski definition) is 9. The number of thioether (sulfide) groups is 1. The fraction of sp³-hybridized carbons (Fsp3) is 0.593. The van der Waals surface area contributed by atoms with Crippen molar-refractivity contribution >= 4 is 40.6 Å². The number of benzene rings is 1. The highest BCUT2D eigenvalue weighted by atomic mass is 32.2. The molecular formula is C27H40N4O8S. The number of ether oxygens (including phenoxy) is 2. The normalized spacial score (nSPS) is 17.6. The van der Waals surface area contributed by atoms with Crippen LogP contribution in [-0.4, -0.2) is 71.7 Å². The van der Waals surface area contributed by atoms with E-state index in [2.05, 4.69) is 16.0 Å². The van der Waals surface area contributed by atoms with Crippen LogP contribution in [-0.2, 0) is 30.3 Å². The van der Waals surface area contributed by atoms with Crippen LogP contribution in [0.1, 0.15) is 46.6 Å². The third kappa shape index (κ3) is 9.79.